The van der Waals surface area contributed by atoms with E-state index in [1.807, 2.05) is 26.8 Å². The van der Waals surface area contributed by atoms with Crippen LogP contribution in [-0.2, 0) is 9.47 Å². The zero-order valence-corrected chi connectivity index (χ0v) is 12.3. The lowest BCUT2D eigenvalue weighted by Gasteiger charge is -2.22. The number of alkyl carbamates (subject to hydrolysis) is 1. The number of nitrogens with one attached hydrogen (secondary N) is 1. The first-order valence-electron chi connectivity index (χ1n) is 5.82. The first kappa shape index (κ1) is 15.5. The van der Waals surface area contributed by atoms with E-state index in [0.717, 1.165) is 4.88 Å². The molecule has 0 aliphatic carbocycles. The summed E-state index contributed by atoms with van der Waals surface area (Å²) in [5.41, 5.74) is 0.197. The van der Waals surface area contributed by atoms with Crippen LogP contribution in [0, 0.1) is 11.3 Å². The van der Waals surface area contributed by atoms with Gasteiger partial charge in [-0.25, -0.2) is 4.79 Å². The van der Waals surface area contributed by atoms with E-state index < -0.39 is 12.2 Å². The van der Waals surface area contributed by atoms with Crippen molar-refractivity contribution in [2.45, 2.75) is 32.4 Å². The number of hydrogen-bond acceptors (Lipinski definition) is 5. The van der Waals surface area contributed by atoms with Crippen molar-refractivity contribution in [3.8, 4) is 6.07 Å². The molecule has 1 atom stereocenters. The Morgan fingerprint density at radius 1 is 1.58 bits per heavy atom. The third kappa shape index (κ3) is 5.28. The number of hydrogen-bond donors (Lipinski definition) is 1. The highest BCUT2D eigenvalue weighted by atomic mass is 32.1. The van der Waals surface area contributed by atoms with Crippen LogP contribution in [0.5, 0.6) is 0 Å². The second-order valence-corrected chi connectivity index (χ2v) is 6.02. The van der Waals surface area contributed by atoms with Crippen LogP contribution in [0.25, 0.3) is 0 Å². The van der Waals surface area contributed by atoms with Gasteiger partial charge in [0.15, 0.2) is 6.10 Å². The number of nitrogens with zero attached hydrogens (tertiary/aromatic N) is 1. The summed E-state index contributed by atoms with van der Waals surface area (Å²) in [6, 6.07) is 3.76. The van der Waals surface area contributed by atoms with Crippen LogP contribution in [0.15, 0.2) is 11.4 Å². The van der Waals surface area contributed by atoms with Gasteiger partial charge in [-0.3, -0.25) is 0 Å². The normalized spacial score (nSPS) is 12.6. The lowest BCUT2D eigenvalue weighted by Crippen LogP contribution is -2.41. The number of ether oxygens (including phenoxy) is 2. The molecule has 0 aromatic carbocycles. The van der Waals surface area contributed by atoms with E-state index in [0.29, 0.717) is 5.56 Å². The van der Waals surface area contributed by atoms with Gasteiger partial charge in [0.05, 0.1) is 12.2 Å². The van der Waals surface area contributed by atoms with Crippen molar-refractivity contribution in [2.24, 2.45) is 0 Å². The summed E-state index contributed by atoms with van der Waals surface area (Å²) in [7, 11) is 1.54. The molecule has 6 heteroatoms. The van der Waals surface area contributed by atoms with Gasteiger partial charge in [0.25, 0.3) is 0 Å². The lowest BCUT2D eigenvalue weighted by atomic mass is 10.1. The van der Waals surface area contributed by atoms with Crippen LogP contribution in [0.3, 0.4) is 0 Å². The number of amides is 1. The smallest absolute Gasteiger partial charge is 0.408 e. The van der Waals surface area contributed by atoms with Gasteiger partial charge in [-0.1, -0.05) is 0 Å². The third-order valence-electron chi connectivity index (χ3n) is 2.11. The molecule has 0 radical (unpaired) electrons. The fourth-order valence-electron chi connectivity index (χ4n) is 1.37. The molecule has 0 saturated carbocycles. The summed E-state index contributed by atoms with van der Waals surface area (Å²) in [5.74, 6) is 0. The molecule has 1 heterocycles. The van der Waals surface area contributed by atoms with Crippen molar-refractivity contribution in [1.29, 1.82) is 5.26 Å². The molecule has 1 N–H and O–H groups in total. The number of carbonyl (C=O) groups is 1. The minimum Gasteiger partial charge on any atom is -0.438 e. The maximum Gasteiger partial charge on any atom is 0.408 e. The number of thiophene rings is 1. The average Bonchev–Trinajstić information content (AvgIpc) is 2.74. The van der Waals surface area contributed by atoms with E-state index in [9.17, 15) is 4.79 Å². The lowest BCUT2D eigenvalue weighted by molar-refractivity contribution is 0.0371. The van der Waals surface area contributed by atoms with Gasteiger partial charge in [-0.05, 0) is 26.8 Å². The first-order chi connectivity index (χ1) is 8.85. The van der Waals surface area contributed by atoms with Crippen LogP contribution >= 0.6 is 11.3 Å². The van der Waals surface area contributed by atoms with Gasteiger partial charge in [0.2, 0.25) is 0 Å². The predicted octanol–water partition coefficient (Wildman–Crippen LogP) is 2.83. The molecule has 1 rings (SSSR count). The minimum atomic E-state index is -0.501. The number of nitriles is 1. The Morgan fingerprint density at radius 2 is 2.26 bits per heavy atom. The van der Waals surface area contributed by atoms with E-state index in [4.69, 9.17) is 14.7 Å². The van der Waals surface area contributed by atoms with Crippen LogP contribution < -0.4 is 5.32 Å². The van der Waals surface area contributed by atoms with E-state index in [1.54, 1.807) is 11.4 Å². The SMILES string of the molecule is COC[C@@H](OC(=O)NC(C)(C)C)c1cc(C#N)cs1. The molecule has 19 heavy (non-hydrogen) atoms. The standard InChI is InChI=1S/C13H18N2O3S/c1-13(2,3)15-12(16)18-10(7-17-4)11-5-9(6-14)8-19-11/h5,8,10H,7H2,1-4H3,(H,15,16)/t10-/m1/s1. The van der Waals surface area contributed by atoms with E-state index in [2.05, 4.69) is 5.32 Å². The van der Waals surface area contributed by atoms with Gasteiger partial charge in [0.1, 0.15) is 6.07 Å². The molecule has 1 amide bonds. The molecule has 5 nitrogen and oxygen atoms in total. The number of carbonyl (C=O) groups excluding carboxylic acids is 1. The Labute approximate surface area is 117 Å². The average molecular weight is 282 g/mol. The van der Waals surface area contributed by atoms with Gasteiger partial charge < -0.3 is 14.8 Å². The molecule has 0 saturated heterocycles. The summed E-state index contributed by atoms with van der Waals surface area (Å²) < 4.78 is 10.4. The molecule has 0 aliphatic rings. The topological polar surface area (TPSA) is 71.3 Å². The van der Waals surface area contributed by atoms with Crippen molar-refractivity contribution >= 4 is 17.4 Å². The van der Waals surface area contributed by atoms with E-state index >= 15 is 0 Å². The van der Waals surface area contributed by atoms with Crippen LogP contribution in [0.2, 0.25) is 0 Å². The van der Waals surface area contributed by atoms with Gasteiger partial charge in [0, 0.05) is 22.9 Å². The zero-order valence-electron chi connectivity index (χ0n) is 11.5. The molecule has 0 spiro atoms. The van der Waals surface area contributed by atoms with Crippen LogP contribution in [0.4, 0.5) is 4.79 Å². The number of rotatable bonds is 4. The summed E-state index contributed by atoms with van der Waals surface area (Å²) in [4.78, 5) is 12.5. The maximum absolute atomic E-state index is 11.7. The highest BCUT2D eigenvalue weighted by Crippen LogP contribution is 2.25. The molecular formula is C13H18N2O3S. The summed E-state index contributed by atoms with van der Waals surface area (Å²) in [6.07, 6.45) is -0.999. The summed E-state index contributed by atoms with van der Waals surface area (Å²) >= 11 is 1.37. The number of methoxy groups -OCH3 is 1. The molecular weight excluding hydrogens is 264 g/mol. The first-order valence-corrected chi connectivity index (χ1v) is 6.70. The van der Waals surface area contributed by atoms with Crippen LogP contribution in [0.1, 0.15) is 37.3 Å². The van der Waals surface area contributed by atoms with Crippen molar-refractivity contribution in [3.05, 3.63) is 21.9 Å². The highest BCUT2D eigenvalue weighted by molar-refractivity contribution is 7.10. The molecule has 0 bridgehead atoms. The Hall–Kier alpha value is -1.58. The van der Waals surface area contributed by atoms with Crippen molar-refractivity contribution in [1.82, 2.24) is 5.32 Å². The second-order valence-electron chi connectivity index (χ2n) is 5.07. The molecule has 1 aromatic heterocycles. The maximum atomic E-state index is 11.7. The second kappa shape index (κ2) is 6.55. The Bertz CT molecular complexity index is 471. The van der Waals surface area contributed by atoms with E-state index in [-0.39, 0.29) is 12.1 Å². The minimum absolute atomic E-state index is 0.253. The Kier molecular flexibility index (Phi) is 5.33. The molecule has 0 fully saturated rings. The van der Waals surface area contributed by atoms with Crippen LogP contribution in [-0.4, -0.2) is 25.3 Å². The Balaban J connectivity index is 2.73. The molecule has 0 unspecified atom stereocenters. The summed E-state index contributed by atoms with van der Waals surface area (Å²) in [5, 5.41) is 13.2. The van der Waals surface area contributed by atoms with Gasteiger partial charge >= 0.3 is 6.09 Å². The fraction of sp³-hybridized carbons (Fsp3) is 0.538. The largest absolute Gasteiger partial charge is 0.438 e. The highest BCUT2D eigenvalue weighted by Gasteiger charge is 2.21. The van der Waals surface area contributed by atoms with Crippen molar-refractivity contribution < 1.29 is 14.3 Å². The van der Waals surface area contributed by atoms with Crippen molar-refractivity contribution in [3.63, 3.8) is 0 Å². The quantitative estimate of drug-likeness (QED) is 0.921. The molecule has 104 valence electrons. The van der Waals surface area contributed by atoms with Gasteiger partial charge in [-0.2, -0.15) is 5.26 Å². The summed E-state index contributed by atoms with van der Waals surface area (Å²) in [6.45, 7) is 5.87. The predicted molar refractivity (Wildman–Crippen MR) is 73.0 cm³/mol. The molecule has 0 aliphatic heterocycles. The Morgan fingerprint density at radius 3 is 2.74 bits per heavy atom. The van der Waals surface area contributed by atoms with Crippen molar-refractivity contribution in [2.75, 3.05) is 13.7 Å². The fourth-order valence-corrected chi connectivity index (χ4v) is 2.22. The van der Waals surface area contributed by atoms with E-state index in [1.165, 1.54) is 18.4 Å². The zero-order chi connectivity index (χ0) is 14.5. The monoisotopic (exact) mass is 282 g/mol. The van der Waals surface area contributed by atoms with Gasteiger partial charge in [-0.15, -0.1) is 11.3 Å². The molecule has 1 aromatic rings. The third-order valence-corrected chi connectivity index (χ3v) is 3.14.